The van der Waals surface area contributed by atoms with Gasteiger partial charge in [0.05, 0.1) is 6.54 Å². The summed E-state index contributed by atoms with van der Waals surface area (Å²) >= 11 is 0. The van der Waals surface area contributed by atoms with Crippen molar-refractivity contribution in [1.29, 1.82) is 0 Å². The number of carbonyl (C=O) groups excluding carboxylic acids is 1. The van der Waals surface area contributed by atoms with Crippen molar-refractivity contribution in [2.45, 2.75) is 52.6 Å². The van der Waals surface area contributed by atoms with Crippen molar-refractivity contribution >= 4 is 35.2 Å². The number of carboxylic acid groups (broad SMARTS) is 1. The number of ether oxygens (including phenoxy) is 1. The van der Waals surface area contributed by atoms with Crippen LogP contribution in [-0.4, -0.2) is 64.0 Å². The van der Waals surface area contributed by atoms with Crippen molar-refractivity contribution in [3.05, 3.63) is 71.7 Å². The molecule has 11 nitrogen and oxygen atoms in total. The zero-order valence-corrected chi connectivity index (χ0v) is 24.4. The molecule has 1 amide bonds. The zero-order valence-electron chi connectivity index (χ0n) is 24.4. The summed E-state index contributed by atoms with van der Waals surface area (Å²) in [6.07, 6.45) is 3.50. The fourth-order valence-electron chi connectivity index (χ4n) is 4.72. The minimum atomic E-state index is -1.32. The highest BCUT2D eigenvalue weighted by Crippen LogP contribution is 2.31. The summed E-state index contributed by atoms with van der Waals surface area (Å²) in [5.74, 6) is 1.84. The number of nitrogens with zero attached hydrogens (tertiary/aromatic N) is 5. The number of aliphatic carboxylic acids is 1. The number of hydrogen-bond acceptors (Lipinski definition) is 9. The number of amides is 1. The average Bonchev–Trinajstić information content (AvgIpc) is 3.02. The van der Waals surface area contributed by atoms with Crippen molar-refractivity contribution in [3.63, 3.8) is 0 Å². The smallest absolute Gasteiger partial charge is 0.434 e. The van der Waals surface area contributed by atoms with E-state index in [-0.39, 0.29) is 18.9 Å². The van der Waals surface area contributed by atoms with Crippen LogP contribution in [0.5, 0.6) is 0 Å². The van der Waals surface area contributed by atoms with Gasteiger partial charge in [0.2, 0.25) is 0 Å². The Bertz CT molecular complexity index is 1370. The van der Waals surface area contributed by atoms with Gasteiger partial charge in [-0.1, -0.05) is 56.7 Å². The number of carbonyl (C=O) groups is 2. The molecule has 1 aliphatic rings. The number of aromatic nitrogens is 3. The summed E-state index contributed by atoms with van der Waals surface area (Å²) in [5, 5.41) is 16.0. The summed E-state index contributed by atoms with van der Waals surface area (Å²) < 4.78 is 5.10. The first-order chi connectivity index (χ1) is 20.3. The van der Waals surface area contributed by atoms with Crippen LogP contribution in [0.15, 0.2) is 59.9 Å². The van der Waals surface area contributed by atoms with Crippen molar-refractivity contribution in [2.75, 3.05) is 41.7 Å². The summed E-state index contributed by atoms with van der Waals surface area (Å²) in [6, 6.07) is 15.3. The average molecular weight is 574 g/mol. The first kappa shape index (κ1) is 30.4. The molecule has 4 rings (SSSR count). The van der Waals surface area contributed by atoms with Crippen LogP contribution in [-0.2, 0) is 16.1 Å². The number of anilines is 3. The summed E-state index contributed by atoms with van der Waals surface area (Å²) in [7, 11) is 0. The van der Waals surface area contributed by atoms with Gasteiger partial charge in [-0.25, -0.2) is 24.5 Å². The molecule has 0 saturated carbocycles. The largest absolute Gasteiger partial charge is 0.477 e. The molecule has 222 valence electrons. The molecule has 0 aliphatic carbocycles. The molecule has 1 unspecified atom stereocenters. The van der Waals surface area contributed by atoms with Crippen LogP contribution in [0.1, 0.15) is 55.8 Å². The molecule has 1 saturated heterocycles. The lowest BCUT2D eigenvalue weighted by Gasteiger charge is -2.33. The lowest BCUT2D eigenvalue weighted by molar-refractivity contribution is -0.129. The lowest BCUT2D eigenvalue weighted by Crippen LogP contribution is -2.34. The van der Waals surface area contributed by atoms with Crippen LogP contribution in [0.2, 0.25) is 0 Å². The summed E-state index contributed by atoms with van der Waals surface area (Å²) in [5.41, 5.74) is 2.31. The van der Waals surface area contributed by atoms with Gasteiger partial charge in [-0.15, -0.1) is 0 Å². The molecular weight excluding hydrogens is 534 g/mol. The molecule has 42 heavy (non-hydrogen) atoms. The number of aliphatic imine (C=N–C) groups is 1. The van der Waals surface area contributed by atoms with E-state index in [2.05, 4.69) is 56.5 Å². The number of benzene rings is 1. The molecule has 11 heteroatoms. The molecule has 0 bridgehead atoms. The normalized spacial score (nSPS) is 14.7. The minimum absolute atomic E-state index is 0.00515. The number of pyridine rings is 1. The second kappa shape index (κ2) is 14.9. The lowest BCUT2D eigenvalue weighted by atomic mass is 9.93. The Morgan fingerprint density at radius 2 is 1.86 bits per heavy atom. The van der Waals surface area contributed by atoms with E-state index in [0.717, 1.165) is 67.4 Å². The molecular formula is C31H39N7O4. The van der Waals surface area contributed by atoms with Gasteiger partial charge < -0.3 is 25.4 Å². The Hall–Kier alpha value is -4.54. The monoisotopic (exact) mass is 573 g/mol. The maximum Gasteiger partial charge on any atom is 0.434 e. The van der Waals surface area contributed by atoms with Gasteiger partial charge in [0.15, 0.2) is 5.71 Å². The quantitative estimate of drug-likeness (QED) is 0.244. The molecule has 1 aliphatic heterocycles. The molecule has 2 aromatic heterocycles. The third-order valence-electron chi connectivity index (χ3n) is 7.47. The van der Waals surface area contributed by atoms with Crippen molar-refractivity contribution in [1.82, 2.24) is 15.0 Å². The summed E-state index contributed by atoms with van der Waals surface area (Å²) in [4.78, 5) is 43.5. The van der Waals surface area contributed by atoms with E-state index >= 15 is 0 Å². The van der Waals surface area contributed by atoms with Gasteiger partial charge in [-0.05, 0) is 43.4 Å². The van der Waals surface area contributed by atoms with Gasteiger partial charge >= 0.3 is 12.1 Å². The topological polar surface area (TPSA) is 142 Å². The first-order valence-corrected chi connectivity index (χ1v) is 14.4. The predicted molar refractivity (Wildman–Crippen MR) is 163 cm³/mol. The van der Waals surface area contributed by atoms with Crippen molar-refractivity contribution in [3.8, 4) is 0 Å². The molecule has 1 fully saturated rings. The zero-order chi connectivity index (χ0) is 29.9. The van der Waals surface area contributed by atoms with E-state index in [1.807, 2.05) is 31.2 Å². The molecule has 3 heterocycles. The Labute approximate surface area is 246 Å². The van der Waals surface area contributed by atoms with E-state index in [1.165, 1.54) is 6.33 Å². The Morgan fingerprint density at radius 3 is 2.57 bits per heavy atom. The number of rotatable bonds is 12. The number of nitrogens with one attached hydrogen (secondary N) is 2. The molecule has 3 N–H and O–H groups in total. The molecule has 1 atom stereocenters. The van der Waals surface area contributed by atoms with E-state index < -0.39 is 12.1 Å². The van der Waals surface area contributed by atoms with E-state index in [0.29, 0.717) is 17.7 Å². The SMILES string of the molecule is CCC(C)CNc1cccc(C2CCN(c3ncnc(NCC(=NC(=O)OCc4ccccc4)C(=O)O)c3C)CC2)n1. The fourth-order valence-corrected chi connectivity index (χ4v) is 4.72. The van der Waals surface area contributed by atoms with Gasteiger partial charge in [0.1, 0.15) is 30.4 Å². The highest BCUT2D eigenvalue weighted by molar-refractivity contribution is 6.38. The van der Waals surface area contributed by atoms with Crippen LogP contribution in [0, 0.1) is 12.8 Å². The van der Waals surface area contributed by atoms with Crippen LogP contribution < -0.4 is 15.5 Å². The van der Waals surface area contributed by atoms with Gasteiger partial charge in [-0.2, -0.15) is 4.99 Å². The third-order valence-corrected chi connectivity index (χ3v) is 7.47. The van der Waals surface area contributed by atoms with Crippen LogP contribution in [0.4, 0.5) is 22.2 Å². The van der Waals surface area contributed by atoms with E-state index in [1.54, 1.807) is 12.1 Å². The minimum Gasteiger partial charge on any atom is -0.477 e. The second-order valence-electron chi connectivity index (χ2n) is 10.5. The second-order valence-corrected chi connectivity index (χ2v) is 10.5. The first-order valence-electron chi connectivity index (χ1n) is 14.4. The van der Waals surface area contributed by atoms with Gasteiger partial charge in [0.25, 0.3) is 0 Å². The maximum absolute atomic E-state index is 12.1. The third kappa shape index (κ3) is 8.48. The molecule has 1 aromatic carbocycles. The van der Waals surface area contributed by atoms with Gasteiger partial charge in [-0.3, -0.25) is 0 Å². The molecule has 0 radical (unpaired) electrons. The number of hydrogen-bond donors (Lipinski definition) is 3. The predicted octanol–water partition coefficient (Wildman–Crippen LogP) is 5.30. The molecule has 0 spiro atoms. The fraction of sp³-hybridized carbons (Fsp3) is 0.419. The van der Waals surface area contributed by atoms with Crippen LogP contribution >= 0.6 is 0 Å². The van der Waals surface area contributed by atoms with Crippen LogP contribution in [0.25, 0.3) is 0 Å². The Morgan fingerprint density at radius 1 is 1.10 bits per heavy atom. The highest BCUT2D eigenvalue weighted by atomic mass is 16.5. The Balaban J connectivity index is 1.34. The number of carboxylic acids is 1. The summed E-state index contributed by atoms with van der Waals surface area (Å²) in [6.45, 7) is 8.64. The van der Waals surface area contributed by atoms with E-state index in [9.17, 15) is 14.7 Å². The maximum atomic E-state index is 12.1. The standard InChI is InChI=1S/C31H39N7O4/c1-4-21(2)17-32-27-12-8-11-25(36-27)24-13-15-38(16-14-24)29-22(3)28(34-20-35-29)33-18-26(30(39)40)37-31(41)42-19-23-9-6-5-7-10-23/h5-12,20-21,24H,4,13-19H2,1-3H3,(H,32,36)(H,39,40)(H,33,34,35). The highest BCUT2D eigenvalue weighted by Gasteiger charge is 2.25. The van der Waals surface area contributed by atoms with E-state index in [4.69, 9.17) is 9.72 Å². The van der Waals surface area contributed by atoms with Gasteiger partial charge in [0, 0.05) is 36.8 Å². The van der Waals surface area contributed by atoms with Crippen LogP contribution in [0.3, 0.4) is 0 Å². The van der Waals surface area contributed by atoms with Crippen molar-refractivity contribution < 1.29 is 19.4 Å². The number of piperidine rings is 1. The van der Waals surface area contributed by atoms with Crippen molar-refractivity contribution in [2.24, 2.45) is 10.9 Å². The molecule has 3 aromatic rings. The Kier molecular flexibility index (Phi) is 10.8.